The van der Waals surface area contributed by atoms with Crippen LogP contribution >= 0.6 is 23.5 Å². The van der Waals surface area contributed by atoms with Gasteiger partial charge in [0, 0.05) is 39.8 Å². The molecule has 3 amide bonds. The van der Waals surface area contributed by atoms with Crippen LogP contribution in [0, 0.1) is 0 Å². The molecule has 164 valence electrons. The minimum absolute atomic E-state index is 0.316. The molecule has 4 rings (SSSR count). The molecule has 1 N–H and O–H groups in total. The van der Waals surface area contributed by atoms with Crippen molar-refractivity contribution >= 4 is 63.2 Å². The van der Waals surface area contributed by atoms with Crippen molar-refractivity contribution in [1.29, 1.82) is 0 Å². The number of anilines is 1. The minimum Gasteiger partial charge on any atom is -0.347 e. The first-order valence-electron chi connectivity index (χ1n) is 10.3. The number of nitrogens with zero attached hydrogens (tertiary/aromatic N) is 2. The van der Waals surface area contributed by atoms with E-state index in [0.29, 0.717) is 10.6 Å². The number of hydrogen-bond acceptors (Lipinski definition) is 5. The fraction of sp³-hybridized carbons (Fsp3) is 0.208. The van der Waals surface area contributed by atoms with E-state index in [1.54, 1.807) is 23.9 Å². The Balaban J connectivity index is 1.52. The molecule has 1 aliphatic heterocycles. The van der Waals surface area contributed by atoms with Gasteiger partial charge in [-0.3, -0.25) is 19.3 Å². The zero-order chi connectivity index (χ0) is 22.7. The third-order valence-corrected chi connectivity index (χ3v) is 6.73. The average Bonchev–Trinajstić information content (AvgIpc) is 3.26. The molecule has 0 radical (unpaired) electrons. The molecule has 0 unspecified atom stereocenters. The number of hydrogen-bond donors (Lipinski definition) is 1. The van der Waals surface area contributed by atoms with Gasteiger partial charge < -0.3 is 9.88 Å². The Morgan fingerprint density at radius 1 is 1.16 bits per heavy atom. The molecule has 0 aliphatic carbocycles. The number of carbonyl (C=O) groups is 3. The minimum atomic E-state index is -0.444. The number of rotatable bonds is 7. The van der Waals surface area contributed by atoms with Crippen LogP contribution < -0.4 is 5.32 Å². The van der Waals surface area contributed by atoms with Gasteiger partial charge in [-0.25, -0.2) is 0 Å². The van der Waals surface area contributed by atoms with Crippen molar-refractivity contribution in [2.45, 2.75) is 24.8 Å². The summed E-state index contributed by atoms with van der Waals surface area (Å²) in [5.74, 6) is -0.855. The topological polar surface area (TPSA) is 71.4 Å². The fourth-order valence-electron chi connectivity index (χ4n) is 3.64. The number of fused-ring (bicyclic) bond motifs is 1. The third-order valence-electron chi connectivity index (χ3n) is 5.10. The number of carbonyl (C=O) groups excluding carboxylic acids is 3. The normalized spacial score (nSPS) is 15.2. The molecule has 0 spiro atoms. The predicted octanol–water partition coefficient (Wildman–Crippen LogP) is 5.45. The number of aromatic nitrogens is 1. The molecular weight excluding hydrogens is 442 g/mol. The van der Waals surface area contributed by atoms with Gasteiger partial charge in [0.2, 0.25) is 5.91 Å². The lowest BCUT2D eigenvalue weighted by Gasteiger charge is -2.12. The van der Waals surface area contributed by atoms with E-state index in [1.165, 1.54) is 0 Å². The first-order chi connectivity index (χ1) is 15.5. The van der Waals surface area contributed by atoms with Crippen LogP contribution in [0.2, 0.25) is 0 Å². The number of amides is 3. The molecule has 1 aromatic heterocycles. The summed E-state index contributed by atoms with van der Waals surface area (Å²) in [6.07, 6.45) is 6.70. The molecule has 2 heterocycles. The Morgan fingerprint density at radius 3 is 2.75 bits per heavy atom. The van der Waals surface area contributed by atoms with Crippen LogP contribution in [-0.2, 0) is 16.1 Å². The SMILES string of the molecule is CCCn1cc(/C=C2\SC(=O)N(CC(=O)Nc3cccc(SC)c3)C2=O)c2ccccc21. The second-order valence-electron chi connectivity index (χ2n) is 7.34. The van der Waals surface area contributed by atoms with E-state index < -0.39 is 17.1 Å². The van der Waals surface area contributed by atoms with E-state index in [9.17, 15) is 14.4 Å². The van der Waals surface area contributed by atoms with E-state index in [1.807, 2.05) is 54.9 Å². The summed E-state index contributed by atoms with van der Waals surface area (Å²) in [6.45, 7) is 2.67. The summed E-state index contributed by atoms with van der Waals surface area (Å²) in [4.78, 5) is 40.2. The molecular formula is C24H23N3O3S2. The molecule has 1 saturated heterocycles. The molecule has 8 heteroatoms. The molecule has 6 nitrogen and oxygen atoms in total. The molecule has 2 aromatic carbocycles. The van der Waals surface area contributed by atoms with Crippen LogP contribution in [0.4, 0.5) is 10.5 Å². The van der Waals surface area contributed by atoms with E-state index in [2.05, 4.69) is 16.8 Å². The third kappa shape index (κ3) is 4.61. The highest BCUT2D eigenvalue weighted by atomic mass is 32.2. The Morgan fingerprint density at radius 2 is 1.97 bits per heavy atom. The zero-order valence-electron chi connectivity index (χ0n) is 17.8. The highest BCUT2D eigenvalue weighted by Gasteiger charge is 2.36. The summed E-state index contributed by atoms with van der Waals surface area (Å²) in [5, 5.41) is 3.35. The van der Waals surface area contributed by atoms with Gasteiger partial charge in [-0.15, -0.1) is 11.8 Å². The number of imide groups is 1. The van der Waals surface area contributed by atoms with Crippen molar-refractivity contribution in [2.75, 3.05) is 18.1 Å². The molecule has 1 fully saturated rings. The number of thioether (sulfide) groups is 2. The van der Waals surface area contributed by atoms with Gasteiger partial charge >= 0.3 is 0 Å². The lowest BCUT2D eigenvalue weighted by atomic mass is 10.1. The van der Waals surface area contributed by atoms with Crippen LogP contribution in [0.5, 0.6) is 0 Å². The van der Waals surface area contributed by atoms with Crippen molar-refractivity contribution in [3.8, 4) is 0 Å². The summed E-state index contributed by atoms with van der Waals surface area (Å²) < 4.78 is 2.15. The lowest BCUT2D eigenvalue weighted by molar-refractivity contribution is -0.127. The van der Waals surface area contributed by atoms with Gasteiger partial charge in [0.15, 0.2) is 0 Å². The van der Waals surface area contributed by atoms with Gasteiger partial charge in [-0.05, 0) is 54.8 Å². The Kier molecular flexibility index (Phi) is 6.72. The van der Waals surface area contributed by atoms with Crippen LogP contribution in [0.25, 0.3) is 17.0 Å². The molecule has 1 aliphatic rings. The average molecular weight is 466 g/mol. The van der Waals surface area contributed by atoms with Gasteiger partial charge in [0.25, 0.3) is 11.1 Å². The van der Waals surface area contributed by atoms with Gasteiger partial charge in [0.1, 0.15) is 6.54 Å². The monoisotopic (exact) mass is 465 g/mol. The number of benzene rings is 2. The Hall–Kier alpha value is -2.97. The van der Waals surface area contributed by atoms with E-state index >= 15 is 0 Å². The predicted molar refractivity (Wildman–Crippen MR) is 132 cm³/mol. The van der Waals surface area contributed by atoms with Crippen molar-refractivity contribution in [2.24, 2.45) is 0 Å². The van der Waals surface area contributed by atoms with Gasteiger partial charge in [-0.2, -0.15) is 0 Å². The second-order valence-corrected chi connectivity index (χ2v) is 9.22. The quantitative estimate of drug-likeness (QED) is 0.371. The maximum Gasteiger partial charge on any atom is 0.294 e. The molecule has 32 heavy (non-hydrogen) atoms. The molecule has 0 bridgehead atoms. The Bertz CT molecular complexity index is 1230. The highest BCUT2D eigenvalue weighted by Crippen LogP contribution is 2.34. The van der Waals surface area contributed by atoms with Gasteiger partial charge in [0.05, 0.1) is 4.91 Å². The number of para-hydroxylation sites is 1. The summed E-state index contributed by atoms with van der Waals surface area (Å²) in [5.41, 5.74) is 2.61. The van der Waals surface area contributed by atoms with Gasteiger partial charge in [-0.1, -0.05) is 31.2 Å². The maximum absolute atomic E-state index is 12.9. The lowest BCUT2D eigenvalue weighted by Crippen LogP contribution is -2.36. The van der Waals surface area contributed by atoms with E-state index in [-0.39, 0.29) is 6.54 Å². The fourth-order valence-corrected chi connectivity index (χ4v) is 4.93. The van der Waals surface area contributed by atoms with Crippen molar-refractivity contribution in [3.63, 3.8) is 0 Å². The largest absolute Gasteiger partial charge is 0.347 e. The van der Waals surface area contributed by atoms with E-state index in [4.69, 9.17) is 0 Å². The van der Waals surface area contributed by atoms with E-state index in [0.717, 1.165) is 51.0 Å². The highest BCUT2D eigenvalue weighted by molar-refractivity contribution is 8.18. The molecule has 0 saturated carbocycles. The molecule has 0 atom stereocenters. The van der Waals surface area contributed by atoms with Crippen LogP contribution in [0.15, 0.2) is 64.5 Å². The number of nitrogens with one attached hydrogen (secondary N) is 1. The van der Waals surface area contributed by atoms with Crippen molar-refractivity contribution in [3.05, 3.63) is 65.2 Å². The Labute approximate surface area is 195 Å². The first kappa shape index (κ1) is 22.2. The zero-order valence-corrected chi connectivity index (χ0v) is 19.5. The van der Waals surface area contributed by atoms with Crippen molar-refractivity contribution in [1.82, 2.24) is 9.47 Å². The summed E-state index contributed by atoms with van der Waals surface area (Å²) in [6, 6.07) is 15.4. The second kappa shape index (κ2) is 9.67. The first-order valence-corrected chi connectivity index (χ1v) is 12.3. The maximum atomic E-state index is 12.9. The van der Waals surface area contributed by atoms with Crippen molar-refractivity contribution < 1.29 is 14.4 Å². The van der Waals surface area contributed by atoms with Crippen LogP contribution in [-0.4, -0.2) is 39.3 Å². The summed E-state index contributed by atoms with van der Waals surface area (Å²) in [7, 11) is 0. The molecule has 3 aromatic rings. The standard InChI is InChI=1S/C24H23N3O3S2/c1-3-11-26-14-16(19-9-4-5-10-20(19)26)12-21-23(29)27(24(30)32-21)15-22(28)25-17-7-6-8-18(13-17)31-2/h4-10,12-14H,3,11,15H2,1-2H3,(H,25,28)/b21-12-. The van der Waals surface area contributed by atoms with Crippen LogP contribution in [0.3, 0.4) is 0 Å². The number of aryl methyl sites for hydroxylation is 1. The smallest absolute Gasteiger partial charge is 0.294 e. The van der Waals surface area contributed by atoms with Crippen LogP contribution in [0.1, 0.15) is 18.9 Å². The summed E-state index contributed by atoms with van der Waals surface area (Å²) >= 11 is 2.44.